The van der Waals surface area contributed by atoms with Crippen LogP contribution in [0.3, 0.4) is 0 Å². The molecule has 3 aromatic carbocycles. The molecule has 1 atom stereocenters. The smallest absolute Gasteiger partial charge is 0.264 e. The minimum absolute atomic E-state index is 0.0764. The lowest BCUT2D eigenvalue weighted by Gasteiger charge is -2.32. The highest BCUT2D eigenvalue weighted by Gasteiger charge is 2.32. The number of hydrogen-bond acceptors (Lipinski definition) is 4. The second-order valence-electron chi connectivity index (χ2n) is 8.88. The van der Waals surface area contributed by atoms with Crippen LogP contribution in [0.4, 0.5) is 5.69 Å². The van der Waals surface area contributed by atoms with E-state index >= 15 is 0 Å². The number of sulfonamides is 1. The first-order chi connectivity index (χ1) is 17.5. The van der Waals surface area contributed by atoms with Crippen LogP contribution in [0.5, 0.6) is 0 Å². The van der Waals surface area contributed by atoms with Crippen molar-refractivity contribution in [3.05, 3.63) is 94.5 Å². The summed E-state index contributed by atoms with van der Waals surface area (Å²) in [7, 11) is -4.08. The molecule has 0 aliphatic heterocycles. The molecule has 196 valence electrons. The normalized spacial score (nSPS) is 12.0. The van der Waals surface area contributed by atoms with Gasteiger partial charge < -0.3 is 10.2 Å². The second-order valence-corrected chi connectivity index (χ2v) is 11.2. The summed E-state index contributed by atoms with van der Waals surface area (Å²) in [6, 6.07) is 19.5. The summed E-state index contributed by atoms with van der Waals surface area (Å²) < 4.78 is 28.6. The number of amides is 2. The standard InChI is InChI=1S/C28H32ClN3O4S/c1-5-30-28(34)22(4)31(18-23-10-12-24(29)13-11-23)27(33)19-32(25-14-6-20(2)7-15-25)37(35,36)26-16-8-21(3)9-17-26/h6-17,22H,5,18-19H2,1-4H3,(H,30,34). The summed E-state index contributed by atoms with van der Waals surface area (Å²) in [5.41, 5.74) is 2.99. The number of carbonyl (C=O) groups excluding carboxylic acids is 2. The van der Waals surface area contributed by atoms with E-state index in [0.717, 1.165) is 21.0 Å². The molecule has 7 nitrogen and oxygen atoms in total. The van der Waals surface area contributed by atoms with E-state index in [1.54, 1.807) is 74.5 Å². The van der Waals surface area contributed by atoms with Crippen LogP contribution in [0.25, 0.3) is 0 Å². The Morgan fingerprint density at radius 1 is 0.892 bits per heavy atom. The van der Waals surface area contributed by atoms with Crippen molar-refractivity contribution < 1.29 is 18.0 Å². The Labute approximate surface area is 224 Å². The largest absolute Gasteiger partial charge is 0.355 e. The number of hydrogen-bond donors (Lipinski definition) is 1. The second kappa shape index (κ2) is 12.3. The lowest BCUT2D eigenvalue weighted by molar-refractivity contribution is -0.139. The molecular weight excluding hydrogens is 510 g/mol. The Balaban J connectivity index is 2.01. The van der Waals surface area contributed by atoms with Crippen LogP contribution < -0.4 is 9.62 Å². The lowest BCUT2D eigenvalue weighted by Crippen LogP contribution is -2.51. The van der Waals surface area contributed by atoms with Crippen LogP contribution in [0.15, 0.2) is 77.7 Å². The number of anilines is 1. The Kier molecular flexibility index (Phi) is 9.34. The van der Waals surface area contributed by atoms with Gasteiger partial charge in [-0.1, -0.05) is 59.1 Å². The molecular formula is C28H32ClN3O4S. The van der Waals surface area contributed by atoms with E-state index in [1.807, 2.05) is 13.8 Å². The van der Waals surface area contributed by atoms with Gasteiger partial charge in [-0.15, -0.1) is 0 Å². The van der Waals surface area contributed by atoms with Crippen LogP contribution in [0.2, 0.25) is 5.02 Å². The maximum Gasteiger partial charge on any atom is 0.264 e. The maximum absolute atomic E-state index is 13.8. The number of rotatable bonds is 10. The summed E-state index contributed by atoms with van der Waals surface area (Å²) in [5.74, 6) is -0.835. The molecule has 9 heteroatoms. The van der Waals surface area contributed by atoms with Gasteiger partial charge in [-0.05, 0) is 69.7 Å². The molecule has 0 saturated carbocycles. The van der Waals surface area contributed by atoms with Crippen LogP contribution in [-0.4, -0.2) is 44.3 Å². The van der Waals surface area contributed by atoms with Gasteiger partial charge in [-0.25, -0.2) is 8.42 Å². The number of likely N-dealkylation sites (N-methyl/N-ethyl adjacent to an activating group) is 1. The number of nitrogens with one attached hydrogen (secondary N) is 1. The predicted molar refractivity (Wildman–Crippen MR) is 147 cm³/mol. The Morgan fingerprint density at radius 2 is 1.43 bits per heavy atom. The molecule has 37 heavy (non-hydrogen) atoms. The van der Waals surface area contributed by atoms with Crippen molar-refractivity contribution in [2.24, 2.45) is 0 Å². The summed E-state index contributed by atoms with van der Waals surface area (Å²) in [6.45, 7) is 7.23. The summed E-state index contributed by atoms with van der Waals surface area (Å²) >= 11 is 6.01. The third-order valence-corrected chi connectivity index (χ3v) is 8.03. The lowest BCUT2D eigenvalue weighted by atomic mass is 10.1. The molecule has 0 aliphatic carbocycles. The van der Waals surface area contributed by atoms with Crippen molar-refractivity contribution in [1.29, 1.82) is 0 Å². The van der Waals surface area contributed by atoms with Gasteiger partial charge in [-0.3, -0.25) is 13.9 Å². The van der Waals surface area contributed by atoms with Crippen LogP contribution in [-0.2, 0) is 26.2 Å². The molecule has 3 rings (SSSR count). The van der Waals surface area contributed by atoms with Crippen molar-refractivity contribution in [3.8, 4) is 0 Å². The zero-order valence-electron chi connectivity index (χ0n) is 21.4. The van der Waals surface area contributed by atoms with Gasteiger partial charge in [-0.2, -0.15) is 0 Å². The van der Waals surface area contributed by atoms with E-state index in [1.165, 1.54) is 17.0 Å². The summed E-state index contributed by atoms with van der Waals surface area (Å²) in [5, 5.41) is 3.29. The zero-order valence-corrected chi connectivity index (χ0v) is 23.0. The third kappa shape index (κ3) is 7.11. The van der Waals surface area contributed by atoms with E-state index in [9.17, 15) is 18.0 Å². The van der Waals surface area contributed by atoms with E-state index in [-0.39, 0.29) is 17.3 Å². The molecule has 0 fully saturated rings. The van der Waals surface area contributed by atoms with Gasteiger partial charge in [0.1, 0.15) is 12.6 Å². The van der Waals surface area contributed by atoms with Crippen molar-refractivity contribution in [2.75, 3.05) is 17.4 Å². The molecule has 0 spiro atoms. The predicted octanol–water partition coefficient (Wildman–Crippen LogP) is 4.71. The van der Waals surface area contributed by atoms with Gasteiger partial charge in [0.2, 0.25) is 11.8 Å². The van der Waals surface area contributed by atoms with Gasteiger partial charge in [0.15, 0.2) is 0 Å². The molecule has 1 N–H and O–H groups in total. The minimum atomic E-state index is -4.08. The number of nitrogens with zero attached hydrogens (tertiary/aromatic N) is 2. The average Bonchev–Trinajstić information content (AvgIpc) is 2.87. The first kappa shape index (κ1) is 28.2. The quantitative estimate of drug-likeness (QED) is 0.403. The fourth-order valence-electron chi connectivity index (χ4n) is 3.77. The zero-order chi connectivity index (χ0) is 27.2. The highest BCUT2D eigenvalue weighted by molar-refractivity contribution is 7.92. The first-order valence-electron chi connectivity index (χ1n) is 12.0. The van der Waals surface area contributed by atoms with Crippen molar-refractivity contribution in [3.63, 3.8) is 0 Å². The summed E-state index contributed by atoms with van der Waals surface area (Å²) in [4.78, 5) is 27.9. The molecule has 2 amide bonds. The van der Waals surface area contributed by atoms with E-state index < -0.39 is 28.5 Å². The molecule has 1 unspecified atom stereocenters. The van der Waals surface area contributed by atoms with Crippen LogP contribution in [0, 0.1) is 13.8 Å². The number of benzene rings is 3. The minimum Gasteiger partial charge on any atom is -0.355 e. The van der Waals surface area contributed by atoms with Crippen molar-refractivity contribution in [1.82, 2.24) is 10.2 Å². The van der Waals surface area contributed by atoms with Gasteiger partial charge >= 0.3 is 0 Å². The third-order valence-electron chi connectivity index (χ3n) is 5.99. The van der Waals surface area contributed by atoms with E-state index in [2.05, 4.69) is 5.32 Å². The fraction of sp³-hybridized carbons (Fsp3) is 0.286. The van der Waals surface area contributed by atoms with Gasteiger partial charge in [0.05, 0.1) is 10.6 Å². The molecule has 0 radical (unpaired) electrons. The van der Waals surface area contributed by atoms with Crippen LogP contribution >= 0.6 is 11.6 Å². The topological polar surface area (TPSA) is 86.8 Å². The Morgan fingerprint density at radius 3 is 1.97 bits per heavy atom. The van der Waals surface area contributed by atoms with Gasteiger partial charge in [0.25, 0.3) is 10.0 Å². The van der Waals surface area contributed by atoms with Crippen LogP contribution in [0.1, 0.15) is 30.5 Å². The van der Waals surface area contributed by atoms with E-state index in [0.29, 0.717) is 17.3 Å². The maximum atomic E-state index is 13.8. The molecule has 0 heterocycles. The Bertz CT molecular complexity index is 1330. The molecule has 0 aliphatic rings. The summed E-state index contributed by atoms with van der Waals surface area (Å²) in [6.07, 6.45) is 0. The number of carbonyl (C=O) groups is 2. The van der Waals surface area contributed by atoms with Crippen molar-refractivity contribution >= 4 is 39.1 Å². The highest BCUT2D eigenvalue weighted by atomic mass is 35.5. The molecule has 0 saturated heterocycles. The molecule has 0 aromatic heterocycles. The number of halogens is 1. The monoisotopic (exact) mass is 541 g/mol. The number of aryl methyl sites for hydroxylation is 2. The van der Waals surface area contributed by atoms with Gasteiger partial charge in [0, 0.05) is 18.1 Å². The SMILES string of the molecule is CCNC(=O)C(C)N(Cc1ccc(Cl)cc1)C(=O)CN(c1ccc(C)cc1)S(=O)(=O)c1ccc(C)cc1. The van der Waals surface area contributed by atoms with Crippen molar-refractivity contribution in [2.45, 2.75) is 45.2 Å². The first-order valence-corrected chi connectivity index (χ1v) is 13.8. The molecule has 0 bridgehead atoms. The average molecular weight is 542 g/mol. The van der Waals surface area contributed by atoms with E-state index in [4.69, 9.17) is 11.6 Å². The highest BCUT2D eigenvalue weighted by Crippen LogP contribution is 2.25. The fourth-order valence-corrected chi connectivity index (χ4v) is 5.31. The Hall–Kier alpha value is -3.36. The molecule has 3 aromatic rings.